The molecular formula is C31H40F3N3O7S. The van der Waals surface area contributed by atoms with Crippen LogP contribution in [-0.4, -0.2) is 71.1 Å². The molecule has 1 unspecified atom stereocenters. The number of nitrogens with zero attached hydrogens (tertiary/aromatic N) is 2. The molecule has 1 saturated heterocycles. The molecule has 2 N–H and O–H groups in total. The zero-order valence-electron chi connectivity index (χ0n) is 25.9. The predicted octanol–water partition coefficient (Wildman–Crippen LogP) is 5.13. The fourth-order valence-corrected chi connectivity index (χ4v) is 5.95. The first-order valence-corrected chi connectivity index (χ1v) is 15.6. The van der Waals surface area contributed by atoms with Gasteiger partial charge in [-0.15, -0.1) is 11.3 Å². The smallest absolute Gasteiger partial charge is 0.416 e. The predicted molar refractivity (Wildman–Crippen MR) is 159 cm³/mol. The van der Waals surface area contributed by atoms with Crippen molar-refractivity contribution in [3.8, 4) is 0 Å². The van der Waals surface area contributed by atoms with E-state index in [1.807, 2.05) is 13.8 Å². The molecule has 0 aliphatic carbocycles. The molecule has 0 bridgehead atoms. The van der Waals surface area contributed by atoms with Crippen LogP contribution >= 0.6 is 11.3 Å². The highest BCUT2D eigenvalue weighted by Crippen LogP contribution is 2.32. The van der Waals surface area contributed by atoms with Crippen molar-refractivity contribution < 1.29 is 46.9 Å². The molecular weight excluding hydrogens is 615 g/mol. The molecule has 1 aromatic heterocycles. The summed E-state index contributed by atoms with van der Waals surface area (Å²) in [6, 6.07) is 3.45. The molecule has 2 aromatic rings. The zero-order chi connectivity index (χ0) is 33.5. The van der Waals surface area contributed by atoms with E-state index in [9.17, 15) is 37.5 Å². The summed E-state index contributed by atoms with van der Waals surface area (Å²) in [6.45, 7) is 7.76. The maximum Gasteiger partial charge on any atom is 0.416 e. The fourth-order valence-electron chi connectivity index (χ4n) is 5.11. The quantitative estimate of drug-likeness (QED) is 0.252. The standard InChI is InChI=1S/C31H40F3N3O7S/c1-17(2)25(37(5)27(39)12-21-14-43-15-21)13-26(44-19(4)38)29-36-24(16-45-29)28(40)35-23(10-18(3)30(41)42)11-20-6-8-22(9-7-20)31(32,33)34/h6-9,16-18,21,23,25-26H,10-15H2,1-5H3,(H,35,40)(H,41,42)/t18-,23+,25?,26+/m0/s1. The van der Waals surface area contributed by atoms with Gasteiger partial charge >= 0.3 is 18.1 Å². The molecule has 45 heavy (non-hydrogen) atoms. The lowest BCUT2D eigenvalue weighted by Gasteiger charge is -2.35. The van der Waals surface area contributed by atoms with Crippen molar-refractivity contribution in [1.82, 2.24) is 15.2 Å². The van der Waals surface area contributed by atoms with Crippen LogP contribution in [0.4, 0.5) is 13.2 Å². The lowest BCUT2D eigenvalue weighted by molar-refractivity contribution is -0.149. The minimum Gasteiger partial charge on any atom is -0.481 e. The van der Waals surface area contributed by atoms with Crippen LogP contribution in [0.15, 0.2) is 29.6 Å². The lowest BCUT2D eigenvalue weighted by atomic mass is 9.95. The summed E-state index contributed by atoms with van der Waals surface area (Å²) in [7, 11) is 1.72. The van der Waals surface area contributed by atoms with E-state index in [-0.39, 0.29) is 48.7 Å². The van der Waals surface area contributed by atoms with Gasteiger partial charge in [-0.2, -0.15) is 13.2 Å². The van der Waals surface area contributed by atoms with Gasteiger partial charge in [0.1, 0.15) is 10.7 Å². The zero-order valence-corrected chi connectivity index (χ0v) is 26.7. The van der Waals surface area contributed by atoms with E-state index >= 15 is 0 Å². The number of alkyl halides is 3. The molecule has 0 radical (unpaired) electrons. The first-order chi connectivity index (χ1) is 21.0. The van der Waals surface area contributed by atoms with E-state index in [1.165, 1.54) is 31.4 Å². The molecule has 1 aliphatic rings. The third-order valence-electron chi connectivity index (χ3n) is 7.78. The van der Waals surface area contributed by atoms with Crippen molar-refractivity contribution >= 4 is 35.1 Å². The second kappa shape index (κ2) is 15.7. The van der Waals surface area contributed by atoms with Gasteiger partial charge in [0.15, 0.2) is 6.10 Å². The van der Waals surface area contributed by atoms with Crippen LogP contribution < -0.4 is 5.32 Å². The maximum absolute atomic E-state index is 13.3. The number of nitrogens with one attached hydrogen (secondary N) is 1. The second-order valence-corrected chi connectivity index (χ2v) is 12.8. The van der Waals surface area contributed by atoms with Gasteiger partial charge in [-0.05, 0) is 36.5 Å². The molecule has 4 atom stereocenters. The Bertz CT molecular complexity index is 1330. The van der Waals surface area contributed by atoms with Gasteiger partial charge in [0.25, 0.3) is 5.91 Å². The topological polar surface area (TPSA) is 135 Å². The summed E-state index contributed by atoms with van der Waals surface area (Å²) in [5, 5.41) is 14.1. The van der Waals surface area contributed by atoms with Crippen LogP contribution in [0.3, 0.4) is 0 Å². The molecule has 0 spiro atoms. The van der Waals surface area contributed by atoms with E-state index in [1.54, 1.807) is 11.9 Å². The number of rotatable bonds is 15. The summed E-state index contributed by atoms with van der Waals surface area (Å²) in [5.74, 6) is -2.93. The number of esters is 1. The maximum atomic E-state index is 13.3. The van der Waals surface area contributed by atoms with Crippen LogP contribution in [0.1, 0.15) is 79.7 Å². The summed E-state index contributed by atoms with van der Waals surface area (Å²) >= 11 is 1.11. The summed E-state index contributed by atoms with van der Waals surface area (Å²) in [6.07, 6.45) is -4.60. The van der Waals surface area contributed by atoms with Crippen molar-refractivity contribution in [2.24, 2.45) is 17.8 Å². The van der Waals surface area contributed by atoms with E-state index in [0.29, 0.717) is 30.2 Å². The van der Waals surface area contributed by atoms with Gasteiger partial charge in [0, 0.05) is 50.2 Å². The summed E-state index contributed by atoms with van der Waals surface area (Å²) in [5.41, 5.74) is -0.308. The number of aromatic nitrogens is 1. The number of carbonyl (C=O) groups is 4. The van der Waals surface area contributed by atoms with Gasteiger partial charge in [-0.25, -0.2) is 4.98 Å². The molecule has 1 aromatic carbocycles. The largest absolute Gasteiger partial charge is 0.481 e. The van der Waals surface area contributed by atoms with E-state index in [2.05, 4.69) is 10.3 Å². The Hall–Kier alpha value is -3.52. The molecule has 14 heteroatoms. The third kappa shape index (κ3) is 10.5. The van der Waals surface area contributed by atoms with Gasteiger partial charge < -0.3 is 24.8 Å². The highest BCUT2D eigenvalue weighted by molar-refractivity contribution is 7.09. The fraction of sp³-hybridized carbons (Fsp3) is 0.581. The number of amides is 2. The third-order valence-corrected chi connectivity index (χ3v) is 8.72. The average molecular weight is 656 g/mol. The van der Waals surface area contributed by atoms with E-state index < -0.39 is 47.6 Å². The number of carbonyl (C=O) groups excluding carboxylic acids is 3. The number of benzene rings is 1. The van der Waals surface area contributed by atoms with Crippen molar-refractivity contribution in [2.45, 2.75) is 77.7 Å². The Morgan fingerprint density at radius 3 is 2.29 bits per heavy atom. The van der Waals surface area contributed by atoms with Gasteiger partial charge in [0.2, 0.25) is 5.91 Å². The first kappa shape index (κ1) is 36.0. The number of carboxylic acid groups (broad SMARTS) is 1. The number of thiazole rings is 1. The number of carboxylic acids is 1. The highest BCUT2D eigenvalue weighted by Gasteiger charge is 2.33. The number of hydrogen-bond donors (Lipinski definition) is 2. The SMILES string of the molecule is CC(=O)O[C@H](CC(C(C)C)N(C)C(=O)CC1COC1)c1nc(C(=O)N[C@@H](Cc2ccc(C(F)(F)F)cc2)C[C@H](C)C(=O)O)cs1. The average Bonchev–Trinajstić information content (AvgIpc) is 3.42. The molecule has 2 amide bonds. The van der Waals surface area contributed by atoms with Crippen molar-refractivity contribution in [2.75, 3.05) is 20.3 Å². The lowest BCUT2D eigenvalue weighted by Crippen LogP contribution is -2.44. The van der Waals surface area contributed by atoms with Crippen molar-refractivity contribution in [1.29, 1.82) is 0 Å². The van der Waals surface area contributed by atoms with Crippen LogP contribution in [0.25, 0.3) is 0 Å². The minimum absolute atomic E-state index is 0.0135. The molecule has 1 fully saturated rings. The Balaban J connectivity index is 1.77. The van der Waals surface area contributed by atoms with Crippen LogP contribution in [0.5, 0.6) is 0 Å². The van der Waals surface area contributed by atoms with Crippen LogP contribution in [0, 0.1) is 17.8 Å². The number of ether oxygens (including phenoxy) is 2. The van der Waals surface area contributed by atoms with E-state index in [0.717, 1.165) is 23.5 Å². The summed E-state index contributed by atoms with van der Waals surface area (Å²) < 4.78 is 49.8. The normalized spacial score (nSPS) is 16.3. The highest BCUT2D eigenvalue weighted by atomic mass is 32.1. The number of halogens is 3. The Labute approximate surface area is 264 Å². The van der Waals surface area contributed by atoms with Gasteiger partial charge in [-0.1, -0.05) is 32.9 Å². The second-order valence-electron chi connectivity index (χ2n) is 11.9. The minimum atomic E-state index is -4.50. The Kier molecular flexibility index (Phi) is 12.5. The first-order valence-electron chi connectivity index (χ1n) is 14.7. The monoisotopic (exact) mass is 655 g/mol. The summed E-state index contributed by atoms with van der Waals surface area (Å²) in [4.78, 5) is 55.9. The van der Waals surface area contributed by atoms with Gasteiger partial charge in [-0.3, -0.25) is 19.2 Å². The van der Waals surface area contributed by atoms with Crippen LogP contribution in [0.2, 0.25) is 0 Å². The molecule has 2 heterocycles. The van der Waals surface area contributed by atoms with Crippen LogP contribution in [-0.2, 0) is 36.5 Å². The number of hydrogen-bond acceptors (Lipinski definition) is 8. The van der Waals surface area contributed by atoms with Crippen molar-refractivity contribution in [3.63, 3.8) is 0 Å². The molecule has 3 rings (SSSR count). The molecule has 10 nitrogen and oxygen atoms in total. The van der Waals surface area contributed by atoms with Gasteiger partial charge in [0.05, 0.1) is 24.7 Å². The van der Waals surface area contributed by atoms with E-state index in [4.69, 9.17) is 9.47 Å². The molecule has 1 aliphatic heterocycles. The Morgan fingerprint density at radius 1 is 1.13 bits per heavy atom. The van der Waals surface area contributed by atoms with Crippen molar-refractivity contribution in [3.05, 3.63) is 51.5 Å². The Morgan fingerprint density at radius 2 is 1.78 bits per heavy atom. The number of aliphatic carboxylic acids is 1. The molecule has 248 valence electrons. The molecule has 0 saturated carbocycles.